The van der Waals surface area contributed by atoms with Crippen LogP contribution in [0.5, 0.6) is 0 Å². The number of benzene rings is 2. The Kier molecular flexibility index (Phi) is 6.34. The maximum atomic E-state index is 9.48. The lowest BCUT2D eigenvalue weighted by molar-refractivity contribution is 0.209. The van der Waals surface area contributed by atoms with Gasteiger partial charge in [0.15, 0.2) is 0 Å². The predicted octanol–water partition coefficient (Wildman–Crippen LogP) is 5.58. The summed E-state index contributed by atoms with van der Waals surface area (Å²) in [6.45, 7) is 8.86. The highest BCUT2D eigenvalue weighted by Crippen LogP contribution is 2.42. The Morgan fingerprint density at radius 3 is 2.18 bits per heavy atom. The molecule has 3 heterocycles. The third-order valence-electron chi connectivity index (χ3n) is 7.00. The molecule has 0 saturated carbocycles. The number of piperazine rings is 1. The maximum absolute atomic E-state index is 9.48. The van der Waals surface area contributed by atoms with Gasteiger partial charge in [-0.25, -0.2) is 4.98 Å². The number of aryl methyl sites for hydroxylation is 1. The molecule has 176 valence electrons. The first-order chi connectivity index (χ1) is 16.5. The van der Waals surface area contributed by atoms with E-state index in [0.717, 1.165) is 65.2 Å². The van der Waals surface area contributed by atoms with E-state index in [1.165, 1.54) is 5.69 Å². The van der Waals surface area contributed by atoms with Gasteiger partial charge in [-0.1, -0.05) is 48.0 Å². The summed E-state index contributed by atoms with van der Waals surface area (Å²) in [5, 5.41) is 11.1. The SMILES string of the molecule is CC(C)N1CCN(c2ccc(-c3c(-c4ccc(CO)cc4)c4c(Cl)ccnc4n3C)cc2)CC1. The number of halogens is 1. The quantitative estimate of drug-likeness (QED) is 0.410. The second kappa shape index (κ2) is 9.41. The van der Waals surface area contributed by atoms with Crippen LogP contribution in [-0.2, 0) is 13.7 Å². The minimum Gasteiger partial charge on any atom is -0.392 e. The molecule has 1 saturated heterocycles. The van der Waals surface area contributed by atoms with Crippen LogP contribution in [0.3, 0.4) is 0 Å². The van der Waals surface area contributed by atoms with E-state index in [0.29, 0.717) is 11.1 Å². The van der Waals surface area contributed by atoms with E-state index in [1.807, 2.05) is 25.2 Å². The van der Waals surface area contributed by atoms with Gasteiger partial charge in [0.05, 0.1) is 17.3 Å². The van der Waals surface area contributed by atoms with Gasteiger partial charge >= 0.3 is 0 Å². The highest BCUT2D eigenvalue weighted by atomic mass is 35.5. The number of aliphatic hydroxyl groups excluding tert-OH is 1. The van der Waals surface area contributed by atoms with Gasteiger partial charge < -0.3 is 14.6 Å². The lowest BCUT2D eigenvalue weighted by Gasteiger charge is -2.38. The fourth-order valence-electron chi connectivity index (χ4n) is 5.03. The first-order valence-electron chi connectivity index (χ1n) is 11.9. The molecule has 0 spiro atoms. The smallest absolute Gasteiger partial charge is 0.142 e. The molecule has 0 atom stereocenters. The van der Waals surface area contributed by atoms with Gasteiger partial charge in [-0.05, 0) is 48.7 Å². The number of pyridine rings is 1. The molecule has 5 rings (SSSR count). The average Bonchev–Trinajstić information content (AvgIpc) is 3.17. The molecule has 5 nitrogen and oxygen atoms in total. The zero-order valence-corrected chi connectivity index (χ0v) is 20.8. The minimum atomic E-state index is 0.0257. The Morgan fingerprint density at radius 1 is 0.912 bits per heavy atom. The van der Waals surface area contributed by atoms with Gasteiger partial charge in [-0.3, -0.25) is 4.90 Å². The number of hydrogen-bond donors (Lipinski definition) is 1. The third kappa shape index (κ3) is 4.09. The molecule has 0 radical (unpaired) electrons. The summed E-state index contributed by atoms with van der Waals surface area (Å²) in [6, 6.07) is 19.3. The topological polar surface area (TPSA) is 44.5 Å². The molecule has 4 aromatic rings. The Hall–Kier alpha value is -2.86. The molecule has 0 unspecified atom stereocenters. The number of aromatic nitrogens is 2. The van der Waals surface area contributed by atoms with Crippen LogP contribution in [0.1, 0.15) is 19.4 Å². The van der Waals surface area contributed by atoms with Crippen LogP contribution in [-0.4, -0.2) is 51.8 Å². The molecule has 1 aliphatic rings. The second-order valence-electron chi connectivity index (χ2n) is 9.29. The van der Waals surface area contributed by atoms with Crippen LogP contribution < -0.4 is 4.90 Å². The Balaban J connectivity index is 1.56. The zero-order chi connectivity index (χ0) is 23.8. The maximum Gasteiger partial charge on any atom is 0.142 e. The van der Waals surface area contributed by atoms with Crippen molar-refractivity contribution in [2.75, 3.05) is 31.1 Å². The first-order valence-corrected chi connectivity index (χ1v) is 12.3. The number of rotatable bonds is 5. The summed E-state index contributed by atoms with van der Waals surface area (Å²) < 4.78 is 2.13. The van der Waals surface area contributed by atoms with Gasteiger partial charge in [0.25, 0.3) is 0 Å². The zero-order valence-electron chi connectivity index (χ0n) is 20.0. The summed E-state index contributed by atoms with van der Waals surface area (Å²) in [4.78, 5) is 9.65. The number of fused-ring (bicyclic) bond motifs is 1. The van der Waals surface area contributed by atoms with Gasteiger partial charge in [0.1, 0.15) is 5.65 Å². The molecule has 0 bridgehead atoms. The second-order valence-corrected chi connectivity index (χ2v) is 9.70. The van der Waals surface area contributed by atoms with Crippen molar-refractivity contribution < 1.29 is 5.11 Å². The molecule has 34 heavy (non-hydrogen) atoms. The summed E-state index contributed by atoms with van der Waals surface area (Å²) in [5.74, 6) is 0. The van der Waals surface area contributed by atoms with Crippen LogP contribution in [0.15, 0.2) is 60.8 Å². The standard InChI is InChI=1S/C28H31ClN4O/c1-19(2)32-14-16-33(17-15-32)23-10-8-22(9-11-23)27-25(21-6-4-20(18-34)5-7-21)26-24(29)12-13-30-28(26)31(27)3/h4-13,19,34H,14-18H2,1-3H3. The van der Waals surface area contributed by atoms with Crippen LogP contribution in [0.2, 0.25) is 5.02 Å². The van der Waals surface area contributed by atoms with Gasteiger partial charge in [-0.2, -0.15) is 0 Å². The van der Waals surface area contributed by atoms with Crippen molar-refractivity contribution in [2.24, 2.45) is 7.05 Å². The third-order valence-corrected chi connectivity index (χ3v) is 7.31. The summed E-state index contributed by atoms with van der Waals surface area (Å²) in [6.07, 6.45) is 1.76. The lowest BCUT2D eigenvalue weighted by Crippen LogP contribution is -2.48. The predicted molar refractivity (Wildman–Crippen MR) is 141 cm³/mol. The molecule has 2 aromatic carbocycles. The Labute approximate surface area is 206 Å². The number of aliphatic hydroxyl groups is 1. The molecular weight excluding hydrogens is 444 g/mol. The van der Waals surface area contributed by atoms with E-state index in [1.54, 1.807) is 6.20 Å². The highest BCUT2D eigenvalue weighted by Gasteiger charge is 2.22. The van der Waals surface area contributed by atoms with E-state index < -0.39 is 0 Å². The highest BCUT2D eigenvalue weighted by molar-refractivity contribution is 6.37. The largest absolute Gasteiger partial charge is 0.392 e. The van der Waals surface area contributed by atoms with Gasteiger partial charge in [0.2, 0.25) is 0 Å². The van der Waals surface area contributed by atoms with Crippen molar-refractivity contribution in [3.8, 4) is 22.4 Å². The summed E-state index contributed by atoms with van der Waals surface area (Å²) in [7, 11) is 2.05. The van der Waals surface area contributed by atoms with Crippen molar-refractivity contribution in [1.82, 2.24) is 14.5 Å². The molecular formula is C28H31ClN4O. The van der Waals surface area contributed by atoms with Crippen LogP contribution in [0.4, 0.5) is 5.69 Å². The lowest BCUT2D eigenvalue weighted by atomic mass is 9.97. The summed E-state index contributed by atoms with van der Waals surface area (Å²) in [5.41, 5.74) is 7.34. The molecule has 1 fully saturated rings. The monoisotopic (exact) mass is 474 g/mol. The van der Waals surface area contributed by atoms with Gasteiger partial charge in [0, 0.05) is 62.1 Å². The van der Waals surface area contributed by atoms with Crippen LogP contribution in [0.25, 0.3) is 33.4 Å². The number of anilines is 1. The average molecular weight is 475 g/mol. The fourth-order valence-corrected chi connectivity index (χ4v) is 5.26. The normalized spacial score (nSPS) is 14.9. The van der Waals surface area contributed by atoms with Crippen molar-refractivity contribution in [3.63, 3.8) is 0 Å². The van der Waals surface area contributed by atoms with E-state index >= 15 is 0 Å². The van der Waals surface area contributed by atoms with E-state index in [4.69, 9.17) is 11.6 Å². The van der Waals surface area contributed by atoms with Crippen molar-refractivity contribution in [3.05, 3.63) is 71.4 Å². The first kappa shape index (κ1) is 22.9. The van der Waals surface area contributed by atoms with E-state index in [2.05, 4.69) is 69.6 Å². The number of hydrogen-bond acceptors (Lipinski definition) is 4. The van der Waals surface area contributed by atoms with Crippen LogP contribution >= 0.6 is 11.6 Å². The minimum absolute atomic E-state index is 0.0257. The molecule has 0 aliphatic carbocycles. The molecule has 1 aliphatic heterocycles. The molecule has 0 amide bonds. The fraction of sp³-hybridized carbons (Fsp3) is 0.321. The Morgan fingerprint density at radius 2 is 1.56 bits per heavy atom. The molecule has 1 N–H and O–H groups in total. The Bertz CT molecular complexity index is 1290. The summed E-state index contributed by atoms with van der Waals surface area (Å²) >= 11 is 6.70. The van der Waals surface area contributed by atoms with Crippen molar-refractivity contribution in [2.45, 2.75) is 26.5 Å². The van der Waals surface area contributed by atoms with Crippen molar-refractivity contribution in [1.29, 1.82) is 0 Å². The molecule has 6 heteroatoms. The van der Waals surface area contributed by atoms with E-state index in [9.17, 15) is 5.11 Å². The molecule has 2 aromatic heterocycles. The number of nitrogens with zero attached hydrogens (tertiary/aromatic N) is 4. The van der Waals surface area contributed by atoms with E-state index in [-0.39, 0.29) is 6.61 Å². The van der Waals surface area contributed by atoms with Crippen LogP contribution in [0, 0.1) is 0 Å². The van der Waals surface area contributed by atoms with Gasteiger partial charge in [-0.15, -0.1) is 0 Å². The van der Waals surface area contributed by atoms with Crippen molar-refractivity contribution >= 4 is 28.3 Å².